The minimum Gasteiger partial charge on any atom is -0.312 e. The fourth-order valence-electron chi connectivity index (χ4n) is 2.60. The first-order valence-electron chi connectivity index (χ1n) is 7.26. The highest BCUT2D eigenvalue weighted by Crippen LogP contribution is 2.15. The Labute approximate surface area is 110 Å². The molecule has 1 aromatic rings. The molecule has 0 aromatic carbocycles. The molecule has 0 bridgehead atoms. The third-order valence-corrected chi connectivity index (χ3v) is 3.93. The normalized spacial score (nSPS) is 18.3. The maximum absolute atomic E-state index is 4.29. The summed E-state index contributed by atoms with van der Waals surface area (Å²) in [6.07, 6.45) is 6.78. The topological polar surface area (TPSA) is 33.1 Å². The predicted octanol–water partition coefficient (Wildman–Crippen LogP) is 1.72. The Morgan fingerprint density at radius 3 is 2.67 bits per heavy atom. The van der Waals surface area contributed by atoms with Gasteiger partial charge in [0.1, 0.15) is 0 Å². The molecule has 2 rings (SSSR count). The highest BCUT2D eigenvalue weighted by atomic mass is 15.3. The van der Waals surface area contributed by atoms with Crippen LogP contribution in [0.15, 0.2) is 12.4 Å². The van der Waals surface area contributed by atoms with Crippen LogP contribution < -0.4 is 5.32 Å². The Morgan fingerprint density at radius 1 is 1.28 bits per heavy atom. The van der Waals surface area contributed by atoms with Crippen LogP contribution in [0.4, 0.5) is 0 Å². The number of piperidine rings is 1. The molecule has 2 heterocycles. The molecule has 0 aliphatic carbocycles. The van der Waals surface area contributed by atoms with Crippen LogP contribution in [-0.4, -0.2) is 40.9 Å². The zero-order valence-corrected chi connectivity index (χ0v) is 11.7. The molecular weight excluding hydrogens is 224 g/mol. The standard InChI is InChI=1S/C14H26N4/c1-3-17-7-5-13(6-8-17)9-15-10-14-11-16-18(4-2)12-14/h11-13,15H,3-10H2,1-2H3. The van der Waals surface area contributed by atoms with E-state index in [1.54, 1.807) is 0 Å². The molecule has 18 heavy (non-hydrogen) atoms. The van der Waals surface area contributed by atoms with E-state index in [0.29, 0.717) is 0 Å². The number of aromatic nitrogens is 2. The molecule has 0 amide bonds. The first-order valence-corrected chi connectivity index (χ1v) is 7.26. The van der Waals surface area contributed by atoms with Gasteiger partial charge >= 0.3 is 0 Å². The average Bonchev–Trinajstić information content (AvgIpc) is 2.87. The molecule has 4 nitrogen and oxygen atoms in total. The van der Waals surface area contributed by atoms with Gasteiger partial charge in [0, 0.05) is 24.8 Å². The van der Waals surface area contributed by atoms with Gasteiger partial charge in [-0.1, -0.05) is 6.92 Å². The summed E-state index contributed by atoms with van der Waals surface area (Å²) in [5.74, 6) is 0.856. The summed E-state index contributed by atoms with van der Waals surface area (Å²) in [7, 11) is 0. The van der Waals surface area contributed by atoms with Crippen molar-refractivity contribution in [3.8, 4) is 0 Å². The smallest absolute Gasteiger partial charge is 0.0534 e. The lowest BCUT2D eigenvalue weighted by atomic mass is 9.97. The summed E-state index contributed by atoms with van der Waals surface area (Å²) in [6, 6.07) is 0. The number of nitrogens with one attached hydrogen (secondary N) is 1. The molecule has 102 valence electrons. The molecule has 0 spiro atoms. The van der Waals surface area contributed by atoms with Crippen LogP contribution in [0.3, 0.4) is 0 Å². The second-order valence-electron chi connectivity index (χ2n) is 5.21. The number of hydrogen-bond acceptors (Lipinski definition) is 3. The van der Waals surface area contributed by atoms with E-state index in [0.717, 1.165) is 25.6 Å². The SMILES string of the molecule is CCN1CCC(CNCc2cnn(CC)c2)CC1. The van der Waals surface area contributed by atoms with Gasteiger partial charge in [-0.3, -0.25) is 4.68 Å². The van der Waals surface area contributed by atoms with Gasteiger partial charge in [0.15, 0.2) is 0 Å². The van der Waals surface area contributed by atoms with Crippen molar-refractivity contribution < 1.29 is 0 Å². The first kappa shape index (κ1) is 13.6. The Kier molecular flexibility index (Phi) is 5.20. The zero-order chi connectivity index (χ0) is 12.8. The second-order valence-corrected chi connectivity index (χ2v) is 5.21. The third kappa shape index (κ3) is 3.82. The lowest BCUT2D eigenvalue weighted by Gasteiger charge is -2.31. The van der Waals surface area contributed by atoms with Crippen LogP contribution in [0.1, 0.15) is 32.3 Å². The highest BCUT2D eigenvalue weighted by molar-refractivity contribution is 5.03. The Morgan fingerprint density at radius 2 is 2.06 bits per heavy atom. The maximum Gasteiger partial charge on any atom is 0.0534 e. The first-order chi connectivity index (χ1) is 8.81. The quantitative estimate of drug-likeness (QED) is 0.834. The lowest BCUT2D eigenvalue weighted by Crippen LogP contribution is -2.36. The van der Waals surface area contributed by atoms with Gasteiger partial charge in [-0.2, -0.15) is 5.10 Å². The van der Waals surface area contributed by atoms with E-state index in [1.807, 2.05) is 10.9 Å². The summed E-state index contributed by atoms with van der Waals surface area (Å²) in [4.78, 5) is 2.54. The van der Waals surface area contributed by atoms with Crippen molar-refractivity contribution in [2.75, 3.05) is 26.2 Å². The monoisotopic (exact) mass is 250 g/mol. The Bertz CT molecular complexity index is 339. The lowest BCUT2D eigenvalue weighted by molar-refractivity contribution is 0.190. The van der Waals surface area contributed by atoms with Gasteiger partial charge in [-0.25, -0.2) is 0 Å². The summed E-state index contributed by atoms with van der Waals surface area (Å²) < 4.78 is 1.98. The minimum absolute atomic E-state index is 0.856. The molecule has 1 fully saturated rings. The van der Waals surface area contributed by atoms with E-state index < -0.39 is 0 Å². The van der Waals surface area contributed by atoms with Crippen LogP contribution in [0.25, 0.3) is 0 Å². The molecule has 0 unspecified atom stereocenters. The summed E-state index contributed by atoms with van der Waals surface area (Å²) >= 11 is 0. The van der Waals surface area contributed by atoms with Crippen molar-refractivity contribution in [1.82, 2.24) is 20.0 Å². The molecule has 4 heteroatoms. The summed E-state index contributed by atoms with van der Waals surface area (Å²) in [6.45, 7) is 11.2. The van der Waals surface area contributed by atoms with Crippen LogP contribution in [0.2, 0.25) is 0 Å². The van der Waals surface area contributed by atoms with Crippen molar-refractivity contribution in [3.05, 3.63) is 18.0 Å². The van der Waals surface area contributed by atoms with E-state index >= 15 is 0 Å². The predicted molar refractivity (Wildman–Crippen MR) is 74.4 cm³/mol. The molecule has 1 saturated heterocycles. The van der Waals surface area contributed by atoms with E-state index in [-0.39, 0.29) is 0 Å². The van der Waals surface area contributed by atoms with Gasteiger partial charge in [-0.05, 0) is 51.9 Å². The van der Waals surface area contributed by atoms with Gasteiger partial charge in [0.2, 0.25) is 0 Å². The minimum atomic E-state index is 0.856. The largest absolute Gasteiger partial charge is 0.312 e. The van der Waals surface area contributed by atoms with Gasteiger partial charge in [0.25, 0.3) is 0 Å². The highest BCUT2D eigenvalue weighted by Gasteiger charge is 2.17. The van der Waals surface area contributed by atoms with Gasteiger partial charge < -0.3 is 10.2 Å². The fourth-order valence-corrected chi connectivity index (χ4v) is 2.60. The third-order valence-electron chi connectivity index (χ3n) is 3.93. The summed E-state index contributed by atoms with van der Waals surface area (Å²) in [5, 5.41) is 7.86. The van der Waals surface area contributed by atoms with E-state index in [2.05, 4.69) is 35.4 Å². The van der Waals surface area contributed by atoms with Crippen molar-refractivity contribution >= 4 is 0 Å². The van der Waals surface area contributed by atoms with E-state index in [9.17, 15) is 0 Å². The van der Waals surface area contributed by atoms with Crippen molar-refractivity contribution in [2.45, 2.75) is 39.8 Å². The number of hydrogen-bond donors (Lipinski definition) is 1. The number of aryl methyl sites for hydroxylation is 1. The fraction of sp³-hybridized carbons (Fsp3) is 0.786. The molecule has 1 aromatic heterocycles. The Balaban J connectivity index is 1.63. The summed E-state index contributed by atoms with van der Waals surface area (Å²) in [5.41, 5.74) is 1.29. The van der Waals surface area contributed by atoms with Crippen LogP contribution >= 0.6 is 0 Å². The molecule has 1 aliphatic heterocycles. The molecule has 1 N–H and O–H groups in total. The van der Waals surface area contributed by atoms with Gasteiger partial charge in [0.05, 0.1) is 6.20 Å². The molecular formula is C14H26N4. The number of likely N-dealkylation sites (tertiary alicyclic amines) is 1. The van der Waals surface area contributed by atoms with Crippen LogP contribution in [-0.2, 0) is 13.1 Å². The van der Waals surface area contributed by atoms with Crippen molar-refractivity contribution in [3.63, 3.8) is 0 Å². The molecule has 0 radical (unpaired) electrons. The van der Waals surface area contributed by atoms with Crippen molar-refractivity contribution in [2.24, 2.45) is 5.92 Å². The molecule has 0 atom stereocenters. The van der Waals surface area contributed by atoms with Crippen LogP contribution in [0, 0.1) is 5.92 Å². The second kappa shape index (κ2) is 6.90. The number of nitrogens with zero attached hydrogens (tertiary/aromatic N) is 3. The molecule has 0 saturated carbocycles. The Hall–Kier alpha value is -0.870. The van der Waals surface area contributed by atoms with Crippen LogP contribution in [0.5, 0.6) is 0 Å². The zero-order valence-electron chi connectivity index (χ0n) is 11.7. The van der Waals surface area contributed by atoms with E-state index in [1.165, 1.54) is 38.0 Å². The molecule has 1 aliphatic rings. The number of rotatable bonds is 6. The average molecular weight is 250 g/mol. The van der Waals surface area contributed by atoms with Gasteiger partial charge in [-0.15, -0.1) is 0 Å². The van der Waals surface area contributed by atoms with Crippen molar-refractivity contribution in [1.29, 1.82) is 0 Å². The van der Waals surface area contributed by atoms with E-state index in [4.69, 9.17) is 0 Å². The maximum atomic E-state index is 4.29.